The molecule has 0 bridgehead atoms. The Labute approximate surface area is 174 Å². The number of ether oxygens (including phenoxy) is 1. The molecule has 1 aromatic carbocycles. The summed E-state index contributed by atoms with van der Waals surface area (Å²) in [6.45, 7) is 3.93. The molecule has 0 atom stereocenters. The highest BCUT2D eigenvalue weighted by molar-refractivity contribution is 6.33. The third-order valence-electron chi connectivity index (χ3n) is 4.50. The zero-order valence-electron chi connectivity index (χ0n) is 16.3. The first-order chi connectivity index (χ1) is 14.2. The van der Waals surface area contributed by atoms with Crippen molar-refractivity contribution >= 4 is 28.6 Å². The monoisotopic (exact) mass is 441 g/mol. The molecule has 0 spiro atoms. The standard InChI is InChI=1S/C20H19ClF3N3O3/c1-3-7-26-15-6-5-12(18-14(21)9-13(10-25-18)20(22,23)24)8-16(15)27(19(26)29)11-17(28)30-4-2/h5-6,8-10H,3-4,7,11H2,1-2H3. The van der Waals surface area contributed by atoms with Gasteiger partial charge in [0.15, 0.2) is 0 Å². The fourth-order valence-electron chi connectivity index (χ4n) is 3.20. The SMILES string of the molecule is CCCn1c(=O)n(CC(=O)OCC)c2cc(-c3ncc(C(F)(F)F)cc3Cl)ccc21. The number of rotatable bonds is 6. The van der Waals surface area contributed by atoms with Crippen molar-refractivity contribution in [3.05, 3.63) is 51.5 Å². The minimum absolute atomic E-state index is 0.143. The van der Waals surface area contributed by atoms with E-state index in [2.05, 4.69) is 4.98 Å². The summed E-state index contributed by atoms with van der Waals surface area (Å²) in [7, 11) is 0. The number of aryl methyl sites for hydroxylation is 1. The lowest BCUT2D eigenvalue weighted by atomic mass is 10.1. The topological polar surface area (TPSA) is 66.1 Å². The van der Waals surface area contributed by atoms with E-state index in [0.717, 1.165) is 6.07 Å². The van der Waals surface area contributed by atoms with Crippen LogP contribution in [0.1, 0.15) is 25.8 Å². The predicted octanol–water partition coefficient (Wildman–Crippen LogP) is 4.51. The highest BCUT2D eigenvalue weighted by atomic mass is 35.5. The van der Waals surface area contributed by atoms with Crippen molar-refractivity contribution in [2.45, 2.75) is 39.5 Å². The van der Waals surface area contributed by atoms with E-state index in [-0.39, 0.29) is 29.6 Å². The molecule has 0 aliphatic carbocycles. The minimum Gasteiger partial charge on any atom is -0.465 e. The van der Waals surface area contributed by atoms with Gasteiger partial charge in [0.2, 0.25) is 0 Å². The number of aromatic nitrogens is 3. The summed E-state index contributed by atoms with van der Waals surface area (Å²) in [6.07, 6.45) is -3.15. The summed E-state index contributed by atoms with van der Waals surface area (Å²) in [5.41, 5.74) is 0.279. The van der Waals surface area contributed by atoms with Crippen LogP contribution < -0.4 is 5.69 Å². The van der Waals surface area contributed by atoms with Crippen LogP contribution in [0.25, 0.3) is 22.3 Å². The van der Waals surface area contributed by atoms with E-state index < -0.39 is 17.7 Å². The maximum atomic E-state index is 12.9. The second-order valence-corrected chi connectivity index (χ2v) is 6.99. The number of esters is 1. The van der Waals surface area contributed by atoms with Crippen molar-refractivity contribution in [2.24, 2.45) is 0 Å². The summed E-state index contributed by atoms with van der Waals surface area (Å²) < 4.78 is 46.4. The minimum atomic E-state index is -4.56. The number of alkyl halides is 3. The Morgan fingerprint density at radius 3 is 2.50 bits per heavy atom. The summed E-state index contributed by atoms with van der Waals surface area (Å²) >= 11 is 6.06. The van der Waals surface area contributed by atoms with Gasteiger partial charge in [0.1, 0.15) is 6.54 Å². The number of nitrogens with zero attached hydrogens (tertiary/aromatic N) is 3. The molecule has 0 unspecified atom stereocenters. The largest absolute Gasteiger partial charge is 0.465 e. The lowest BCUT2D eigenvalue weighted by Crippen LogP contribution is -2.27. The Morgan fingerprint density at radius 1 is 1.17 bits per heavy atom. The van der Waals surface area contributed by atoms with Crippen LogP contribution in [-0.4, -0.2) is 26.7 Å². The molecule has 0 radical (unpaired) electrons. The lowest BCUT2D eigenvalue weighted by molar-refractivity contribution is -0.143. The highest BCUT2D eigenvalue weighted by Gasteiger charge is 2.31. The van der Waals surface area contributed by atoms with Gasteiger partial charge in [-0.2, -0.15) is 13.2 Å². The molecular formula is C20H19ClF3N3O3. The number of imidazole rings is 1. The number of hydrogen-bond acceptors (Lipinski definition) is 4. The Morgan fingerprint density at radius 2 is 1.90 bits per heavy atom. The van der Waals surface area contributed by atoms with Gasteiger partial charge in [0, 0.05) is 18.3 Å². The van der Waals surface area contributed by atoms with Crippen molar-refractivity contribution in [1.29, 1.82) is 0 Å². The van der Waals surface area contributed by atoms with E-state index in [1.165, 1.54) is 4.57 Å². The Bertz CT molecular complexity index is 1150. The van der Waals surface area contributed by atoms with Crippen LogP contribution in [0.15, 0.2) is 35.3 Å². The molecular weight excluding hydrogens is 423 g/mol. The Hall–Kier alpha value is -2.81. The summed E-state index contributed by atoms with van der Waals surface area (Å²) in [4.78, 5) is 28.7. The number of carbonyl (C=O) groups excluding carboxylic acids is 1. The van der Waals surface area contributed by atoms with E-state index in [0.29, 0.717) is 35.8 Å². The predicted molar refractivity (Wildman–Crippen MR) is 106 cm³/mol. The third kappa shape index (κ3) is 4.21. The van der Waals surface area contributed by atoms with E-state index >= 15 is 0 Å². The van der Waals surface area contributed by atoms with Gasteiger partial charge in [-0.25, -0.2) is 4.79 Å². The molecule has 3 aromatic rings. The van der Waals surface area contributed by atoms with Gasteiger partial charge in [-0.05, 0) is 31.5 Å². The fourth-order valence-corrected chi connectivity index (χ4v) is 3.48. The third-order valence-corrected chi connectivity index (χ3v) is 4.79. The molecule has 2 aromatic heterocycles. The maximum Gasteiger partial charge on any atom is 0.417 e. The molecule has 0 N–H and O–H groups in total. The van der Waals surface area contributed by atoms with E-state index in [1.54, 1.807) is 29.7 Å². The molecule has 160 valence electrons. The fraction of sp³-hybridized carbons (Fsp3) is 0.350. The van der Waals surface area contributed by atoms with Gasteiger partial charge >= 0.3 is 17.8 Å². The zero-order valence-corrected chi connectivity index (χ0v) is 17.0. The van der Waals surface area contributed by atoms with Crippen LogP contribution in [0.2, 0.25) is 5.02 Å². The van der Waals surface area contributed by atoms with Crippen molar-refractivity contribution in [3.63, 3.8) is 0 Å². The average Bonchev–Trinajstić information content (AvgIpc) is 2.93. The van der Waals surface area contributed by atoms with Crippen LogP contribution in [0.5, 0.6) is 0 Å². The van der Waals surface area contributed by atoms with Crippen LogP contribution in [0.4, 0.5) is 13.2 Å². The zero-order chi connectivity index (χ0) is 22.1. The number of halogens is 4. The van der Waals surface area contributed by atoms with Crippen LogP contribution in [-0.2, 0) is 28.8 Å². The molecule has 3 rings (SSSR count). The van der Waals surface area contributed by atoms with E-state index in [4.69, 9.17) is 16.3 Å². The van der Waals surface area contributed by atoms with Gasteiger partial charge in [0.05, 0.1) is 33.9 Å². The van der Waals surface area contributed by atoms with Gasteiger partial charge in [-0.15, -0.1) is 0 Å². The molecule has 0 aliphatic heterocycles. The van der Waals surface area contributed by atoms with Crippen molar-refractivity contribution in [3.8, 4) is 11.3 Å². The highest BCUT2D eigenvalue weighted by Crippen LogP contribution is 2.34. The molecule has 0 amide bonds. The van der Waals surface area contributed by atoms with Crippen LogP contribution in [0, 0.1) is 0 Å². The van der Waals surface area contributed by atoms with Crippen molar-refractivity contribution < 1.29 is 22.7 Å². The average molecular weight is 442 g/mol. The molecule has 0 saturated heterocycles. The summed E-state index contributed by atoms with van der Waals surface area (Å²) in [5, 5.41) is -0.170. The first kappa shape index (κ1) is 21.9. The van der Waals surface area contributed by atoms with Gasteiger partial charge in [0.25, 0.3) is 0 Å². The first-order valence-corrected chi connectivity index (χ1v) is 9.67. The molecule has 0 aliphatic rings. The molecule has 2 heterocycles. The van der Waals surface area contributed by atoms with E-state index in [1.807, 2.05) is 6.92 Å². The normalized spacial score (nSPS) is 11.8. The van der Waals surface area contributed by atoms with Gasteiger partial charge in [-0.1, -0.05) is 24.6 Å². The number of carbonyl (C=O) groups is 1. The smallest absolute Gasteiger partial charge is 0.417 e. The van der Waals surface area contributed by atoms with Crippen LogP contribution in [0.3, 0.4) is 0 Å². The molecule has 0 fully saturated rings. The second-order valence-electron chi connectivity index (χ2n) is 6.58. The first-order valence-electron chi connectivity index (χ1n) is 9.29. The summed E-state index contributed by atoms with van der Waals surface area (Å²) in [6, 6.07) is 5.69. The second kappa shape index (κ2) is 8.51. The molecule has 30 heavy (non-hydrogen) atoms. The molecule has 0 saturated carbocycles. The quantitative estimate of drug-likeness (QED) is 0.528. The number of fused-ring (bicyclic) bond motifs is 1. The van der Waals surface area contributed by atoms with Gasteiger partial charge in [-0.3, -0.25) is 18.9 Å². The van der Waals surface area contributed by atoms with Crippen molar-refractivity contribution in [2.75, 3.05) is 6.61 Å². The number of benzene rings is 1. The number of hydrogen-bond donors (Lipinski definition) is 0. The summed E-state index contributed by atoms with van der Waals surface area (Å²) in [5.74, 6) is -0.564. The maximum absolute atomic E-state index is 12.9. The number of pyridine rings is 1. The van der Waals surface area contributed by atoms with Crippen molar-refractivity contribution in [1.82, 2.24) is 14.1 Å². The molecule has 10 heteroatoms. The lowest BCUT2D eigenvalue weighted by Gasteiger charge is -2.10. The van der Waals surface area contributed by atoms with Crippen LogP contribution >= 0.6 is 11.6 Å². The Kier molecular flexibility index (Phi) is 6.21. The molecule has 6 nitrogen and oxygen atoms in total. The van der Waals surface area contributed by atoms with E-state index in [9.17, 15) is 22.8 Å². The van der Waals surface area contributed by atoms with Gasteiger partial charge < -0.3 is 4.74 Å². The Balaban J connectivity index is 2.15.